The number of aromatic nitrogens is 2. The highest BCUT2D eigenvalue weighted by atomic mass is 19.4. The van der Waals surface area contributed by atoms with Crippen LogP contribution in [-0.4, -0.2) is 16.5 Å². The van der Waals surface area contributed by atoms with Gasteiger partial charge in [0.2, 0.25) is 0 Å². The maximum Gasteiger partial charge on any atom is 0.416 e. The third kappa shape index (κ3) is 2.90. The van der Waals surface area contributed by atoms with Gasteiger partial charge in [-0.3, -0.25) is 0 Å². The lowest BCUT2D eigenvalue weighted by atomic mass is 10.1. The van der Waals surface area contributed by atoms with Crippen molar-refractivity contribution in [3.63, 3.8) is 0 Å². The summed E-state index contributed by atoms with van der Waals surface area (Å²) in [5, 5.41) is 0. The number of hydrogen-bond acceptors (Lipinski definition) is 2. The standard InChI is InChI=1S/C16H13F3N2O/c1-22-14-5-6-15-20-13(9-21(15)10-14)8-11-3-2-4-12(7-11)16(17,18)19/h2-7,9-10H,8H2,1H3. The summed E-state index contributed by atoms with van der Waals surface area (Å²) in [6, 6.07) is 8.89. The topological polar surface area (TPSA) is 26.5 Å². The summed E-state index contributed by atoms with van der Waals surface area (Å²) >= 11 is 0. The van der Waals surface area contributed by atoms with Crippen LogP contribution in [0.5, 0.6) is 5.75 Å². The highest BCUT2D eigenvalue weighted by Crippen LogP contribution is 2.30. The molecule has 3 nitrogen and oxygen atoms in total. The fraction of sp³-hybridized carbons (Fsp3) is 0.188. The highest BCUT2D eigenvalue weighted by molar-refractivity contribution is 5.44. The lowest BCUT2D eigenvalue weighted by Crippen LogP contribution is -2.05. The Morgan fingerprint density at radius 2 is 1.95 bits per heavy atom. The molecule has 0 aliphatic rings. The molecule has 3 aromatic rings. The molecule has 2 heterocycles. The van der Waals surface area contributed by atoms with E-state index in [1.807, 2.05) is 0 Å². The quantitative estimate of drug-likeness (QED) is 0.732. The molecular formula is C16H13F3N2O. The lowest BCUT2D eigenvalue weighted by Gasteiger charge is -2.07. The summed E-state index contributed by atoms with van der Waals surface area (Å²) in [4.78, 5) is 4.40. The van der Waals surface area contributed by atoms with Crippen molar-refractivity contribution in [2.75, 3.05) is 7.11 Å². The molecular weight excluding hydrogens is 293 g/mol. The minimum atomic E-state index is -4.33. The number of rotatable bonds is 3. The van der Waals surface area contributed by atoms with Gasteiger partial charge >= 0.3 is 6.18 Å². The van der Waals surface area contributed by atoms with Crippen LogP contribution < -0.4 is 4.74 Å². The zero-order chi connectivity index (χ0) is 15.7. The van der Waals surface area contributed by atoms with Gasteiger partial charge in [-0.2, -0.15) is 13.2 Å². The van der Waals surface area contributed by atoms with E-state index in [4.69, 9.17) is 4.74 Å². The molecule has 0 saturated heterocycles. The number of halogens is 3. The molecule has 2 aromatic heterocycles. The van der Waals surface area contributed by atoms with Crippen molar-refractivity contribution in [2.24, 2.45) is 0 Å². The maximum atomic E-state index is 12.7. The van der Waals surface area contributed by atoms with E-state index in [2.05, 4.69) is 4.98 Å². The van der Waals surface area contributed by atoms with E-state index in [1.165, 1.54) is 6.07 Å². The number of imidazole rings is 1. The van der Waals surface area contributed by atoms with E-state index in [9.17, 15) is 13.2 Å². The van der Waals surface area contributed by atoms with E-state index in [-0.39, 0.29) is 0 Å². The Labute approximate surface area is 125 Å². The fourth-order valence-electron chi connectivity index (χ4n) is 2.30. The van der Waals surface area contributed by atoms with Crippen LogP contribution in [0.4, 0.5) is 13.2 Å². The van der Waals surface area contributed by atoms with Crippen molar-refractivity contribution < 1.29 is 17.9 Å². The number of nitrogens with zero attached hydrogens (tertiary/aromatic N) is 2. The van der Waals surface area contributed by atoms with Crippen molar-refractivity contribution in [3.8, 4) is 5.75 Å². The first-order valence-corrected chi connectivity index (χ1v) is 6.63. The average Bonchev–Trinajstić information content (AvgIpc) is 2.87. The van der Waals surface area contributed by atoms with Crippen LogP contribution in [-0.2, 0) is 12.6 Å². The van der Waals surface area contributed by atoms with E-state index in [0.717, 1.165) is 17.8 Å². The SMILES string of the molecule is COc1ccc2nc(Cc3cccc(C(F)(F)F)c3)cn2c1. The highest BCUT2D eigenvalue weighted by Gasteiger charge is 2.30. The molecule has 1 aromatic carbocycles. The van der Waals surface area contributed by atoms with Gasteiger partial charge < -0.3 is 9.14 Å². The van der Waals surface area contributed by atoms with Crippen molar-refractivity contribution in [1.29, 1.82) is 0 Å². The molecule has 0 bridgehead atoms. The number of alkyl halides is 3. The second-order valence-electron chi connectivity index (χ2n) is 4.94. The molecule has 0 unspecified atom stereocenters. The normalized spacial score (nSPS) is 11.8. The number of fused-ring (bicyclic) bond motifs is 1. The summed E-state index contributed by atoms with van der Waals surface area (Å²) in [5.74, 6) is 0.690. The third-order valence-corrected chi connectivity index (χ3v) is 3.35. The van der Waals surface area contributed by atoms with Crippen LogP contribution in [0.15, 0.2) is 48.8 Å². The number of hydrogen-bond donors (Lipinski definition) is 0. The van der Waals surface area contributed by atoms with Crippen LogP contribution in [0.3, 0.4) is 0 Å². The molecule has 6 heteroatoms. The number of methoxy groups -OCH3 is 1. The molecule has 0 fully saturated rings. The second kappa shape index (κ2) is 5.36. The van der Waals surface area contributed by atoms with Gasteiger partial charge in [-0.05, 0) is 23.8 Å². The van der Waals surface area contributed by atoms with E-state index < -0.39 is 11.7 Å². The molecule has 0 amide bonds. The Kier molecular flexibility index (Phi) is 3.52. The smallest absolute Gasteiger partial charge is 0.416 e. The minimum Gasteiger partial charge on any atom is -0.495 e. The van der Waals surface area contributed by atoms with Gasteiger partial charge in [-0.25, -0.2) is 4.98 Å². The van der Waals surface area contributed by atoms with Crippen LogP contribution in [0.1, 0.15) is 16.8 Å². The van der Waals surface area contributed by atoms with E-state index >= 15 is 0 Å². The van der Waals surface area contributed by atoms with Crippen molar-refractivity contribution in [2.45, 2.75) is 12.6 Å². The number of benzene rings is 1. The second-order valence-corrected chi connectivity index (χ2v) is 4.94. The summed E-state index contributed by atoms with van der Waals surface area (Å²) in [6.07, 6.45) is -0.424. The first-order chi connectivity index (χ1) is 10.5. The van der Waals surface area contributed by atoms with Gasteiger partial charge in [-0.1, -0.05) is 18.2 Å². The fourth-order valence-corrected chi connectivity index (χ4v) is 2.30. The minimum absolute atomic E-state index is 0.341. The van der Waals surface area contributed by atoms with Crippen LogP contribution in [0.2, 0.25) is 0 Å². The van der Waals surface area contributed by atoms with Gasteiger partial charge in [0.15, 0.2) is 0 Å². The Morgan fingerprint density at radius 3 is 2.68 bits per heavy atom. The molecule has 0 N–H and O–H groups in total. The maximum absolute atomic E-state index is 12.7. The Bertz CT molecular complexity index is 809. The first kappa shape index (κ1) is 14.4. The van der Waals surface area contributed by atoms with Crippen LogP contribution in [0, 0.1) is 0 Å². The predicted octanol–water partition coefficient (Wildman–Crippen LogP) is 3.95. The summed E-state index contributed by atoms with van der Waals surface area (Å²) in [7, 11) is 1.57. The van der Waals surface area contributed by atoms with Gasteiger partial charge in [0.1, 0.15) is 11.4 Å². The van der Waals surface area contributed by atoms with Gasteiger partial charge in [0, 0.05) is 12.6 Å². The molecule has 0 radical (unpaired) electrons. The van der Waals surface area contributed by atoms with Crippen LogP contribution >= 0.6 is 0 Å². The summed E-state index contributed by atoms with van der Waals surface area (Å²) in [5.41, 5.74) is 1.36. The molecule has 0 spiro atoms. The molecule has 0 aliphatic carbocycles. The Morgan fingerprint density at radius 1 is 1.14 bits per heavy atom. The molecule has 0 atom stereocenters. The van der Waals surface area contributed by atoms with Crippen molar-refractivity contribution in [1.82, 2.24) is 9.38 Å². The first-order valence-electron chi connectivity index (χ1n) is 6.63. The van der Waals surface area contributed by atoms with Gasteiger partial charge in [-0.15, -0.1) is 0 Å². The van der Waals surface area contributed by atoms with Gasteiger partial charge in [0.25, 0.3) is 0 Å². The molecule has 0 saturated carbocycles. The lowest BCUT2D eigenvalue weighted by molar-refractivity contribution is -0.137. The predicted molar refractivity (Wildman–Crippen MR) is 76.0 cm³/mol. The number of pyridine rings is 1. The van der Waals surface area contributed by atoms with E-state index in [0.29, 0.717) is 23.4 Å². The summed E-state index contributed by atoms with van der Waals surface area (Å²) in [6.45, 7) is 0. The molecule has 0 aliphatic heterocycles. The zero-order valence-electron chi connectivity index (χ0n) is 11.8. The largest absolute Gasteiger partial charge is 0.495 e. The Hall–Kier alpha value is -2.50. The monoisotopic (exact) mass is 306 g/mol. The van der Waals surface area contributed by atoms with Crippen molar-refractivity contribution >= 4 is 5.65 Å². The van der Waals surface area contributed by atoms with Crippen molar-refractivity contribution in [3.05, 3.63) is 65.6 Å². The number of ether oxygens (including phenoxy) is 1. The zero-order valence-corrected chi connectivity index (χ0v) is 11.8. The van der Waals surface area contributed by atoms with Gasteiger partial charge in [0.05, 0.1) is 24.6 Å². The third-order valence-electron chi connectivity index (χ3n) is 3.35. The van der Waals surface area contributed by atoms with Crippen LogP contribution in [0.25, 0.3) is 5.65 Å². The molecule has 114 valence electrons. The summed E-state index contributed by atoms with van der Waals surface area (Å²) < 4.78 is 45.1. The Balaban J connectivity index is 1.90. The van der Waals surface area contributed by atoms with E-state index in [1.54, 1.807) is 42.1 Å². The molecule has 3 rings (SSSR count). The molecule has 22 heavy (non-hydrogen) atoms. The average molecular weight is 306 g/mol.